The normalized spacial score (nSPS) is 14.2. The van der Waals surface area contributed by atoms with Crippen LogP contribution < -0.4 is 5.32 Å². The molecule has 1 atom stereocenters. The molecule has 3 heteroatoms. The molecule has 0 saturated heterocycles. The molecular formula is C15H22BrNO. The molecule has 2 nitrogen and oxygen atoms in total. The molecule has 0 aromatic heterocycles. The highest BCUT2D eigenvalue weighted by molar-refractivity contribution is 9.10. The molecule has 0 radical (unpaired) electrons. The molecule has 0 saturated carbocycles. The van der Waals surface area contributed by atoms with E-state index in [4.69, 9.17) is 4.74 Å². The van der Waals surface area contributed by atoms with Gasteiger partial charge in [-0.2, -0.15) is 0 Å². The zero-order valence-corrected chi connectivity index (χ0v) is 12.8. The van der Waals surface area contributed by atoms with Crippen molar-refractivity contribution >= 4 is 15.9 Å². The summed E-state index contributed by atoms with van der Waals surface area (Å²) in [6, 6.07) is 8.47. The molecule has 0 heterocycles. The average Bonchev–Trinajstić information content (AvgIpc) is 2.38. The van der Waals surface area contributed by atoms with Crippen molar-refractivity contribution in [2.75, 3.05) is 26.8 Å². The fourth-order valence-corrected chi connectivity index (χ4v) is 2.09. The van der Waals surface area contributed by atoms with Gasteiger partial charge in [0.05, 0.1) is 6.61 Å². The topological polar surface area (TPSA) is 21.3 Å². The Morgan fingerprint density at radius 3 is 2.61 bits per heavy atom. The van der Waals surface area contributed by atoms with Crippen LogP contribution in [0, 0.1) is 5.41 Å². The van der Waals surface area contributed by atoms with Crippen molar-refractivity contribution in [1.29, 1.82) is 0 Å². The van der Waals surface area contributed by atoms with E-state index in [0.29, 0.717) is 0 Å². The first-order valence-electron chi connectivity index (χ1n) is 6.17. The smallest absolute Gasteiger partial charge is 0.0587 e. The lowest BCUT2D eigenvalue weighted by Crippen LogP contribution is -2.33. The second-order valence-electron chi connectivity index (χ2n) is 4.83. The lowest BCUT2D eigenvalue weighted by atomic mass is 9.83. The van der Waals surface area contributed by atoms with E-state index in [0.717, 1.165) is 30.6 Å². The monoisotopic (exact) mass is 311 g/mol. The van der Waals surface area contributed by atoms with Crippen molar-refractivity contribution < 1.29 is 4.74 Å². The molecule has 1 aromatic rings. The number of rotatable bonds is 8. The van der Waals surface area contributed by atoms with Gasteiger partial charge in [0.25, 0.3) is 0 Å². The number of ether oxygens (including phenoxy) is 1. The predicted molar refractivity (Wildman–Crippen MR) is 80.9 cm³/mol. The fraction of sp³-hybridized carbons (Fsp3) is 0.467. The van der Waals surface area contributed by atoms with Crippen molar-refractivity contribution in [2.45, 2.75) is 13.3 Å². The minimum atomic E-state index is 0.0710. The Balaban J connectivity index is 2.53. The van der Waals surface area contributed by atoms with Crippen LogP contribution in [0.3, 0.4) is 0 Å². The maximum Gasteiger partial charge on any atom is 0.0587 e. The highest BCUT2D eigenvalue weighted by atomic mass is 79.9. The molecule has 0 aliphatic heterocycles. The van der Waals surface area contributed by atoms with Crippen LogP contribution in [0.15, 0.2) is 41.4 Å². The van der Waals surface area contributed by atoms with Gasteiger partial charge in [0.1, 0.15) is 0 Å². The minimum absolute atomic E-state index is 0.0710. The molecule has 1 rings (SSSR count). The molecule has 1 aromatic carbocycles. The van der Waals surface area contributed by atoms with Gasteiger partial charge in [-0.15, -0.1) is 6.58 Å². The molecule has 1 unspecified atom stereocenters. The van der Waals surface area contributed by atoms with Crippen LogP contribution >= 0.6 is 15.9 Å². The lowest BCUT2D eigenvalue weighted by molar-refractivity contribution is 0.196. The number of nitrogens with one attached hydrogen (secondary N) is 1. The van der Waals surface area contributed by atoms with Gasteiger partial charge < -0.3 is 10.1 Å². The van der Waals surface area contributed by atoms with E-state index in [1.165, 1.54) is 5.56 Å². The third-order valence-corrected chi connectivity index (χ3v) is 3.55. The highest BCUT2D eigenvalue weighted by Gasteiger charge is 2.20. The zero-order chi connectivity index (χ0) is 13.4. The molecule has 0 aliphatic carbocycles. The van der Waals surface area contributed by atoms with E-state index in [1.54, 1.807) is 7.11 Å². The molecule has 0 spiro atoms. The van der Waals surface area contributed by atoms with Crippen LogP contribution in [-0.4, -0.2) is 26.8 Å². The predicted octanol–water partition coefficient (Wildman–Crippen LogP) is 3.42. The largest absolute Gasteiger partial charge is 0.383 e. The summed E-state index contributed by atoms with van der Waals surface area (Å²) in [6.45, 7) is 8.72. The first-order chi connectivity index (χ1) is 8.59. The maximum absolute atomic E-state index is 5.03. The third-order valence-electron chi connectivity index (χ3n) is 3.03. The van der Waals surface area contributed by atoms with Gasteiger partial charge in [-0.3, -0.25) is 0 Å². The number of benzene rings is 1. The molecule has 0 aliphatic rings. The second kappa shape index (κ2) is 7.72. The van der Waals surface area contributed by atoms with Crippen molar-refractivity contribution in [2.24, 2.45) is 5.41 Å². The van der Waals surface area contributed by atoms with Crippen LogP contribution in [0.2, 0.25) is 0 Å². The lowest BCUT2D eigenvalue weighted by Gasteiger charge is -2.26. The molecular weight excluding hydrogens is 290 g/mol. The average molecular weight is 312 g/mol. The van der Waals surface area contributed by atoms with E-state index >= 15 is 0 Å². The summed E-state index contributed by atoms with van der Waals surface area (Å²) in [5.74, 6) is 0. The Hall–Kier alpha value is -0.640. The first-order valence-corrected chi connectivity index (χ1v) is 6.96. The van der Waals surface area contributed by atoms with Crippen LogP contribution in [-0.2, 0) is 11.2 Å². The van der Waals surface area contributed by atoms with Crippen molar-refractivity contribution in [3.05, 3.63) is 47.0 Å². The zero-order valence-electron chi connectivity index (χ0n) is 11.2. The van der Waals surface area contributed by atoms with Crippen molar-refractivity contribution in [3.8, 4) is 0 Å². The number of hydrogen-bond donors (Lipinski definition) is 1. The Kier molecular flexibility index (Phi) is 6.61. The Labute approximate surface area is 119 Å². The molecule has 0 bridgehead atoms. The number of halogens is 1. The van der Waals surface area contributed by atoms with E-state index in [-0.39, 0.29) is 5.41 Å². The minimum Gasteiger partial charge on any atom is -0.383 e. The fourth-order valence-electron chi connectivity index (χ4n) is 1.82. The molecule has 18 heavy (non-hydrogen) atoms. The van der Waals surface area contributed by atoms with E-state index < -0.39 is 0 Å². The molecule has 1 N–H and O–H groups in total. The van der Waals surface area contributed by atoms with Crippen LogP contribution in [0.5, 0.6) is 0 Å². The SMILES string of the molecule is C=CC(C)(CNCCOC)Cc1ccc(Br)cc1. The second-order valence-corrected chi connectivity index (χ2v) is 5.75. The summed E-state index contributed by atoms with van der Waals surface area (Å²) >= 11 is 3.45. The first kappa shape index (κ1) is 15.4. The Morgan fingerprint density at radius 2 is 2.06 bits per heavy atom. The van der Waals surface area contributed by atoms with E-state index in [1.807, 2.05) is 6.08 Å². The number of methoxy groups -OCH3 is 1. The summed E-state index contributed by atoms with van der Waals surface area (Å²) in [6.07, 6.45) is 3.03. The van der Waals surface area contributed by atoms with Crippen LogP contribution in [0.1, 0.15) is 12.5 Å². The summed E-state index contributed by atoms with van der Waals surface area (Å²) in [7, 11) is 1.72. The Bertz CT molecular complexity index is 363. The molecule has 100 valence electrons. The van der Waals surface area contributed by atoms with Gasteiger partial charge in [-0.25, -0.2) is 0 Å². The van der Waals surface area contributed by atoms with E-state index in [9.17, 15) is 0 Å². The summed E-state index contributed by atoms with van der Waals surface area (Å²) in [4.78, 5) is 0. The van der Waals surface area contributed by atoms with Gasteiger partial charge >= 0.3 is 0 Å². The quantitative estimate of drug-likeness (QED) is 0.587. The van der Waals surface area contributed by atoms with Crippen LogP contribution in [0.4, 0.5) is 0 Å². The highest BCUT2D eigenvalue weighted by Crippen LogP contribution is 2.24. The summed E-state index contributed by atoms with van der Waals surface area (Å²) in [5.41, 5.74) is 1.40. The van der Waals surface area contributed by atoms with Gasteiger partial charge in [-0.1, -0.05) is 41.1 Å². The third kappa shape index (κ3) is 5.34. The van der Waals surface area contributed by atoms with Crippen LogP contribution in [0.25, 0.3) is 0 Å². The molecule has 0 fully saturated rings. The van der Waals surface area contributed by atoms with Gasteiger partial charge in [0.15, 0.2) is 0 Å². The van der Waals surface area contributed by atoms with Crippen molar-refractivity contribution in [3.63, 3.8) is 0 Å². The standard InChI is InChI=1S/C15H22BrNO/c1-4-15(2,12-17-9-10-18-3)11-13-5-7-14(16)8-6-13/h4-8,17H,1,9-12H2,2-3H3. The summed E-state index contributed by atoms with van der Waals surface area (Å²) < 4.78 is 6.14. The van der Waals surface area contributed by atoms with Gasteiger partial charge in [0, 0.05) is 30.1 Å². The Morgan fingerprint density at radius 1 is 1.39 bits per heavy atom. The number of hydrogen-bond acceptors (Lipinski definition) is 2. The van der Waals surface area contributed by atoms with Gasteiger partial charge in [-0.05, 0) is 24.1 Å². The molecule has 0 amide bonds. The summed E-state index contributed by atoms with van der Waals surface area (Å²) in [5, 5.41) is 3.40. The van der Waals surface area contributed by atoms with Crippen molar-refractivity contribution in [1.82, 2.24) is 5.32 Å². The van der Waals surface area contributed by atoms with E-state index in [2.05, 4.69) is 59.0 Å². The van der Waals surface area contributed by atoms with Gasteiger partial charge in [0.2, 0.25) is 0 Å². The maximum atomic E-state index is 5.03.